The predicted octanol–water partition coefficient (Wildman–Crippen LogP) is 3.16. The summed E-state index contributed by atoms with van der Waals surface area (Å²) in [6, 6.07) is 10.8. The number of nitrogens with zero attached hydrogens (tertiary/aromatic N) is 2. The number of halogens is 1. The molecule has 26 heavy (non-hydrogen) atoms. The van der Waals surface area contributed by atoms with Crippen molar-refractivity contribution in [3.8, 4) is 0 Å². The summed E-state index contributed by atoms with van der Waals surface area (Å²) in [6.45, 7) is 0.643. The van der Waals surface area contributed by atoms with Gasteiger partial charge in [-0.25, -0.2) is 13.4 Å². The number of sulfonamides is 1. The fourth-order valence-corrected chi connectivity index (χ4v) is 5.00. The van der Waals surface area contributed by atoms with Crippen LogP contribution < -0.4 is 0 Å². The molecule has 1 unspecified atom stereocenters. The Morgan fingerprint density at radius 1 is 1.19 bits per heavy atom. The summed E-state index contributed by atoms with van der Waals surface area (Å²) in [6.07, 6.45) is 4.26. The third kappa shape index (κ3) is 3.27. The van der Waals surface area contributed by atoms with Crippen LogP contribution in [0.25, 0.3) is 0 Å². The van der Waals surface area contributed by atoms with E-state index in [0.29, 0.717) is 22.3 Å². The molecule has 0 saturated carbocycles. The molecule has 4 rings (SSSR count). The standard InChI is InChI=1S/C19H21ClN2O3S/c1-22(12-19(13-25-19)17-7-4-8-18(20)21-17)26(23,24)16-10-9-14-5-2-3-6-15(14)11-16/h4,7-11H,2-3,5-6,12-13H2,1H3. The Kier molecular flexibility index (Phi) is 4.55. The number of pyridine rings is 1. The van der Waals surface area contributed by atoms with Gasteiger partial charge in [-0.1, -0.05) is 23.7 Å². The van der Waals surface area contributed by atoms with Crippen molar-refractivity contribution in [2.75, 3.05) is 20.2 Å². The van der Waals surface area contributed by atoms with E-state index in [1.54, 1.807) is 25.2 Å². The van der Waals surface area contributed by atoms with E-state index in [4.69, 9.17) is 16.3 Å². The van der Waals surface area contributed by atoms with Gasteiger partial charge in [-0.2, -0.15) is 4.31 Å². The highest BCUT2D eigenvalue weighted by Crippen LogP contribution is 2.39. The van der Waals surface area contributed by atoms with Crippen LogP contribution in [-0.4, -0.2) is 37.9 Å². The van der Waals surface area contributed by atoms with Crippen LogP contribution in [0.3, 0.4) is 0 Å². The van der Waals surface area contributed by atoms with Crippen LogP contribution in [0.15, 0.2) is 41.3 Å². The van der Waals surface area contributed by atoms with Gasteiger partial charge in [-0.15, -0.1) is 0 Å². The van der Waals surface area contributed by atoms with Gasteiger partial charge in [0, 0.05) is 7.05 Å². The number of rotatable bonds is 5. The molecule has 138 valence electrons. The first-order valence-electron chi connectivity index (χ1n) is 8.76. The normalized spacial score (nSPS) is 22.3. The molecule has 2 heterocycles. The van der Waals surface area contributed by atoms with E-state index in [0.717, 1.165) is 24.8 Å². The monoisotopic (exact) mass is 392 g/mol. The van der Waals surface area contributed by atoms with Crippen LogP contribution in [0.5, 0.6) is 0 Å². The molecule has 1 aliphatic heterocycles. The summed E-state index contributed by atoms with van der Waals surface area (Å²) in [5.41, 5.74) is 2.38. The first kappa shape index (κ1) is 17.9. The van der Waals surface area contributed by atoms with Crippen LogP contribution in [0.2, 0.25) is 5.15 Å². The third-order valence-corrected chi connectivity index (χ3v) is 7.19. The lowest BCUT2D eigenvalue weighted by Gasteiger charge is -2.23. The molecule has 1 atom stereocenters. The van der Waals surface area contributed by atoms with E-state index in [1.807, 2.05) is 18.2 Å². The smallest absolute Gasteiger partial charge is 0.242 e. The van der Waals surface area contributed by atoms with Crippen LogP contribution in [0.1, 0.15) is 29.7 Å². The zero-order valence-electron chi connectivity index (χ0n) is 14.6. The molecule has 5 nitrogen and oxygen atoms in total. The highest BCUT2D eigenvalue weighted by Gasteiger charge is 2.50. The number of aryl methyl sites for hydroxylation is 2. The van der Waals surface area contributed by atoms with E-state index in [-0.39, 0.29) is 6.54 Å². The molecule has 1 fully saturated rings. The van der Waals surface area contributed by atoms with Crippen molar-refractivity contribution in [1.29, 1.82) is 0 Å². The third-order valence-electron chi connectivity index (χ3n) is 5.18. The lowest BCUT2D eigenvalue weighted by atomic mass is 9.92. The van der Waals surface area contributed by atoms with Gasteiger partial charge in [0.15, 0.2) is 0 Å². The molecular formula is C19H21ClN2O3S. The Morgan fingerprint density at radius 2 is 1.92 bits per heavy atom. The number of likely N-dealkylation sites (N-methyl/N-ethyl adjacent to an activating group) is 1. The lowest BCUT2D eigenvalue weighted by Crippen LogP contribution is -2.35. The Morgan fingerprint density at radius 3 is 2.62 bits per heavy atom. The maximum Gasteiger partial charge on any atom is 0.242 e. The molecule has 1 aromatic carbocycles. The van der Waals surface area contributed by atoms with Crippen molar-refractivity contribution in [3.63, 3.8) is 0 Å². The van der Waals surface area contributed by atoms with Crippen LogP contribution in [0.4, 0.5) is 0 Å². The zero-order chi connectivity index (χ0) is 18.4. The summed E-state index contributed by atoms with van der Waals surface area (Å²) in [5, 5.41) is 0.373. The van der Waals surface area contributed by atoms with Crippen LogP contribution in [0, 0.1) is 0 Å². The molecule has 2 aromatic rings. The molecule has 0 spiro atoms. The van der Waals surface area contributed by atoms with Crippen molar-refractivity contribution in [2.24, 2.45) is 0 Å². The molecule has 2 aliphatic rings. The topological polar surface area (TPSA) is 62.8 Å². The average Bonchev–Trinajstić information content (AvgIpc) is 3.42. The SMILES string of the molecule is CN(CC1(c2cccc(Cl)n2)CO1)S(=O)(=O)c1ccc2c(c1)CCCC2. The van der Waals surface area contributed by atoms with Gasteiger partial charge in [-0.05, 0) is 61.1 Å². The summed E-state index contributed by atoms with van der Waals surface area (Å²) in [7, 11) is -2.01. The van der Waals surface area contributed by atoms with Gasteiger partial charge in [-0.3, -0.25) is 0 Å². The largest absolute Gasteiger partial charge is 0.361 e. The molecule has 7 heteroatoms. The molecule has 0 amide bonds. The highest BCUT2D eigenvalue weighted by molar-refractivity contribution is 7.89. The van der Waals surface area contributed by atoms with Gasteiger partial charge in [0.1, 0.15) is 10.8 Å². The highest BCUT2D eigenvalue weighted by atomic mass is 35.5. The van der Waals surface area contributed by atoms with Gasteiger partial charge in [0.2, 0.25) is 10.0 Å². The minimum absolute atomic E-state index is 0.208. The fraction of sp³-hybridized carbons (Fsp3) is 0.421. The molecular weight excluding hydrogens is 372 g/mol. The number of aromatic nitrogens is 1. The van der Waals surface area contributed by atoms with E-state index >= 15 is 0 Å². The van der Waals surface area contributed by atoms with Gasteiger partial charge >= 0.3 is 0 Å². The zero-order valence-corrected chi connectivity index (χ0v) is 16.2. The Hall–Kier alpha value is -1.47. The maximum absolute atomic E-state index is 13.0. The number of hydrogen-bond acceptors (Lipinski definition) is 4. The lowest BCUT2D eigenvalue weighted by molar-refractivity contribution is 0.261. The second-order valence-corrected chi connectivity index (χ2v) is 9.46. The summed E-state index contributed by atoms with van der Waals surface area (Å²) in [5.74, 6) is 0. The van der Waals surface area contributed by atoms with Gasteiger partial charge in [0.25, 0.3) is 0 Å². The Bertz CT molecular complexity index is 942. The van der Waals surface area contributed by atoms with Crippen LogP contribution >= 0.6 is 11.6 Å². The predicted molar refractivity (Wildman–Crippen MR) is 99.8 cm³/mol. The number of benzene rings is 1. The first-order valence-corrected chi connectivity index (χ1v) is 10.6. The van der Waals surface area contributed by atoms with Crippen molar-refractivity contribution < 1.29 is 13.2 Å². The van der Waals surface area contributed by atoms with E-state index < -0.39 is 15.6 Å². The molecule has 1 aliphatic carbocycles. The van der Waals surface area contributed by atoms with Crippen molar-refractivity contribution in [1.82, 2.24) is 9.29 Å². The number of epoxide rings is 1. The second kappa shape index (κ2) is 6.60. The fourth-order valence-electron chi connectivity index (χ4n) is 3.56. The van der Waals surface area contributed by atoms with Crippen molar-refractivity contribution in [2.45, 2.75) is 36.2 Å². The minimum Gasteiger partial charge on any atom is -0.361 e. The Balaban J connectivity index is 1.58. The summed E-state index contributed by atoms with van der Waals surface area (Å²) in [4.78, 5) is 4.63. The average molecular weight is 393 g/mol. The van der Waals surface area contributed by atoms with Gasteiger partial charge in [0.05, 0.1) is 23.7 Å². The van der Waals surface area contributed by atoms with E-state index in [1.165, 1.54) is 16.3 Å². The first-order chi connectivity index (χ1) is 12.4. The molecule has 1 saturated heterocycles. The second-order valence-electron chi connectivity index (χ2n) is 7.03. The quantitative estimate of drug-likeness (QED) is 0.579. The number of fused-ring (bicyclic) bond motifs is 1. The van der Waals surface area contributed by atoms with E-state index in [2.05, 4.69) is 4.98 Å². The van der Waals surface area contributed by atoms with E-state index in [9.17, 15) is 8.42 Å². The maximum atomic E-state index is 13.0. The van der Waals surface area contributed by atoms with Crippen LogP contribution in [-0.2, 0) is 33.2 Å². The van der Waals surface area contributed by atoms with Crippen molar-refractivity contribution in [3.05, 3.63) is 58.4 Å². The molecule has 0 radical (unpaired) electrons. The summed E-state index contributed by atoms with van der Waals surface area (Å²) >= 11 is 5.97. The number of ether oxygens (including phenoxy) is 1. The Labute approximate surface area is 159 Å². The van der Waals surface area contributed by atoms with Crippen molar-refractivity contribution >= 4 is 21.6 Å². The number of hydrogen-bond donors (Lipinski definition) is 0. The summed E-state index contributed by atoms with van der Waals surface area (Å²) < 4.78 is 33.0. The molecule has 0 bridgehead atoms. The molecule has 0 N–H and O–H groups in total. The molecule has 1 aromatic heterocycles. The van der Waals surface area contributed by atoms with Gasteiger partial charge < -0.3 is 4.74 Å². The minimum atomic E-state index is -3.59.